The zero-order valence-electron chi connectivity index (χ0n) is 13.1. The molecule has 1 nitrogen and oxygen atoms in total. The number of rotatable bonds is 1. The van der Waals surface area contributed by atoms with Gasteiger partial charge >= 0.3 is 0 Å². The number of nitrogens with zero attached hydrogens (tertiary/aromatic N) is 1. The molecule has 0 saturated carbocycles. The van der Waals surface area contributed by atoms with Crippen molar-refractivity contribution in [2.24, 2.45) is 0 Å². The first-order valence-corrected chi connectivity index (χ1v) is 8.13. The van der Waals surface area contributed by atoms with Crippen molar-refractivity contribution in [2.45, 2.75) is 0 Å². The molecular formula is C23H15N. The van der Waals surface area contributed by atoms with Crippen LogP contribution in [0.4, 0.5) is 0 Å². The second-order valence-corrected chi connectivity index (χ2v) is 6.02. The van der Waals surface area contributed by atoms with Crippen molar-refractivity contribution >= 4 is 33.8 Å². The van der Waals surface area contributed by atoms with Crippen molar-refractivity contribution in [2.75, 3.05) is 0 Å². The summed E-state index contributed by atoms with van der Waals surface area (Å²) >= 11 is 0. The number of allylic oxidation sites excluding steroid dienone is 2. The second kappa shape index (κ2) is 5.13. The number of hydrogen-bond acceptors (Lipinski definition) is 0. The minimum Gasteiger partial charge on any atom is -0.309 e. The van der Waals surface area contributed by atoms with Crippen LogP contribution in [0.15, 0.2) is 84.6 Å². The van der Waals surface area contributed by atoms with Crippen molar-refractivity contribution in [1.82, 2.24) is 4.57 Å². The molecule has 0 unspecified atom stereocenters. The number of benzene rings is 3. The zero-order valence-corrected chi connectivity index (χ0v) is 13.1. The molecule has 0 atom stereocenters. The molecular weight excluding hydrogens is 290 g/mol. The average molecular weight is 305 g/mol. The first-order chi connectivity index (χ1) is 11.9. The van der Waals surface area contributed by atoms with Gasteiger partial charge in [-0.2, -0.15) is 0 Å². The van der Waals surface area contributed by atoms with Crippen LogP contribution in [0.2, 0.25) is 0 Å². The summed E-state index contributed by atoms with van der Waals surface area (Å²) in [6.45, 7) is 0. The Morgan fingerprint density at radius 2 is 1.62 bits per heavy atom. The molecule has 1 aliphatic carbocycles. The van der Waals surface area contributed by atoms with Gasteiger partial charge in [-0.15, -0.1) is 5.73 Å². The van der Waals surface area contributed by atoms with Gasteiger partial charge in [0.15, 0.2) is 0 Å². The fourth-order valence-electron chi connectivity index (χ4n) is 3.52. The Hall–Kier alpha value is -3.28. The van der Waals surface area contributed by atoms with Crippen molar-refractivity contribution < 1.29 is 0 Å². The maximum absolute atomic E-state index is 3.25. The van der Waals surface area contributed by atoms with E-state index in [0.29, 0.717) is 0 Å². The van der Waals surface area contributed by atoms with Crippen molar-refractivity contribution in [3.05, 3.63) is 95.9 Å². The summed E-state index contributed by atoms with van der Waals surface area (Å²) in [5.41, 5.74) is 8.09. The van der Waals surface area contributed by atoms with Crippen molar-refractivity contribution in [3.8, 4) is 5.69 Å². The Bertz CT molecular complexity index is 1180. The topological polar surface area (TPSA) is 4.93 Å². The molecule has 0 bridgehead atoms. The van der Waals surface area contributed by atoms with Gasteiger partial charge in [0, 0.05) is 22.7 Å². The van der Waals surface area contributed by atoms with E-state index >= 15 is 0 Å². The van der Waals surface area contributed by atoms with E-state index < -0.39 is 0 Å². The molecule has 4 aromatic rings. The van der Waals surface area contributed by atoms with Crippen LogP contribution < -0.4 is 0 Å². The van der Waals surface area contributed by atoms with Crippen LogP contribution in [0, 0.1) is 0 Å². The van der Waals surface area contributed by atoms with Gasteiger partial charge in [0.2, 0.25) is 0 Å². The van der Waals surface area contributed by atoms with Crippen molar-refractivity contribution in [3.63, 3.8) is 0 Å². The van der Waals surface area contributed by atoms with Gasteiger partial charge in [-0.3, -0.25) is 0 Å². The van der Waals surface area contributed by atoms with E-state index in [2.05, 4.69) is 95.3 Å². The van der Waals surface area contributed by atoms with E-state index in [-0.39, 0.29) is 0 Å². The third-order valence-electron chi connectivity index (χ3n) is 4.62. The lowest BCUT2D eigenvalue weighted by atomic mass is 10.1. The highest BCUT2D eigenvalue weighted by Crippen LogP contribution is 2.33. The van der Waals surface area contributed by atoms with Gasteiger partial charge in [0.1, 0.15) is 0 Å². The largest absolute Gasteiger partial charge is 0.309 e. The number of para-hydroxylation sites is 1. The molecule has 1 aliphatic rings. The first kappa shape index (κ1) is 13.2. The van der Waals surface area contributed by atoms with Crippen LogP contribution in [0.5, 0.6) is 0 Å². The molecule has 112 valence electrons. The molecule has 0 amide bonds. The van der Waals surface area contributed by atoms with Gasteiger partial charge in [-0.05, 0) is 35.0 Å². The molecule has 1 aromatic heterocycles. The average Bonchev–Trinajstić information content (AvgIpc) is 2.78. The highest BCUT2D eigenvalue weighted by molar-refractivity contribution is 5.96. The van der Waals surface area contributed by atoms with Gasteiger partial charge in [-0.25, -0.2) is 0 Å². The minimum atomic E-state index is 1.18. The van der Waals surface area contributed by atoms with E-state index in [1.54, 1.807) is 0 Å². The van der Waals surface area contributed by atoms with Crippen LogP contribution in [0.25, 0.3) is 39.5 Å². The van der Waals surface area contributed by atoms with E-state index in [1.807, 2.05) is 6.08 Å². The Balaban J connectivity index is 1.90. The highest BCUT2D eigenvalue weighted by atomic mass is 15.0. The zero-order chi connectivity index (χ0) is 15.9. The molecule has 0 radical (unpaired) electrons. The molecule has 3 aromatic carbocycles. The summed E-state index contributed by atoms with van der Waals surface area (Å²) in [7, 11) is 0. The standard InChI is InChI=1S/C23H15N/c1-2-10-20-21-11-6-7-13-23(21)24(22(20)12-3-1)19-15-14-17-8-4-5-9-18(17)16-19/h1-2,4-16H. The molecule has 1 heterocycles. The molecule has 0 saturated heterocycles. The summed E-state index contributed by atoms with van der Waals surface area (Å²) in [5.74, 6) is 0. The number of aromatic nitrogens is 1. The summed E-state index contributed by atoms with van der Waals surface area (Å²) in [5, 5.41) is 3.79. The Morgan fingerprint density at radius 3 is 2.58 bits per heavy atom. The van der Waals surface area contributed by atoms with E-state index in [0.717, 1.165) is 0 Å². The lowest BCUT2D eigenvalue weighted by Gasteiger charge is -2.10. The summed E-state index contributed by atoms with van der Waals surface area (Å²) < 4.78 is 2.33. The van der Waals surface area contributed by atoms with Crippen LogP contribution in [-0.2, 0) is 0 Å². The molecule has 0 aliphatic heterocycles. The maximum atomic E-state index is 3.25. The summed E-state index contributed by atoms with van der Waals surface area (Å²) in [6.07, 6.45) is 8.26. The summed E-state index contributed by atoms with van der Waals surface area (Å²) in [6, 6.07) is 23.7. The van der Waals surface area contributed by atoms with Gasteiger partial charge < -0.3 is 4.57 Å². The Morgan fingerprint density at radius 1 is 0.792 bits per heavy atom. The predicted octanol–water partition coefficient (Wildman–Crippen LogP) is 5.98. The maximum Gasteiger partial charge on any atom is 0.0618 e. The van der Waals surface area contributed by atoms with Gasteiger partial charge in [-0.1, -0.05) is 60.7 Å². The Kier molecular flexibility index (Phi) is 2.82. The third kappa shape index (κ3) is 1.89. The lowest BCUT2D eigenvalue weighted by molar-refractivity contribution is 1.11. The molecule has 1 heteroatoms. The fraction of sp³-hybridized carbons (Fsp3) is 0. The molecule has 0 N–H and O–H groups in total. The lowest BCUT2D eigenvalue weighted by Crippen LogP contribution is -1.96. The van der Waals surface area contributed by atoms with Crippen molar-refractivity contribution in [1.29, 1.82) is 0 Å². The minimum absolute atomic E-state index is 1.18. The van der Waals surface area contributed by atoms with Gasteiger partial charge in [0.05, 0.1) is 11.2 Å². The van der Waals surface area contributed by atoms with E-state index in [9.17, 15) is 0 Å². The summed E-state index contributed by atoms with van der Waals surface area (Å²) in [4.78, 5) is 0. The third-order valence-corrected chi connectivity index (χ3v) is 4.62. The van der Waals surface area contributed by atoms with Crippen LogP contribution in [0.1, 0.15) is 11.3 Å². The molecule has 5 rings (SSSR count). The Labute approximate surface area is 140 Å². The monoisotopic (exact) mass is 305 g/mol. The number of hydrogen-bond donors (Lipinski definition) is 0. The second-order valence-electron chi connectivity index (χ2n) is 6.02. The number of fused-ring (bicyclic) bond motifs is 4. The molecule has 24 heavy (non-hydrogen) atoms. The first-order valence-electron chi connectivity index (χ1n) is 8.13. The molecule has 0 spiro atoms. The van der Waals surface area contributed by atoms with E-state index in [1.165, 1.54) is 38.6 Å². The quantitative estimate of drug-likeness (QED) is 0.381. The van der Waals surface area contributed by atoms with Crippen LogP contribution in [-0.4, -0.2) is 4.57 Å². The molecule has 0 fully saturated rings. The van der Waals surface area contributed by atoms with Crippen LogP contribution >= 0.6 is 0 Å². The van der Waals surface area contributed by atoms with E-state index in [4.69, 9.17) is 0 Å². The highest BCUT2D eigenvalue weighted by Gasteiger charge is 2.15. The normalized spacial score (nSPS) is 12.7. The predicted molar refractivity (Wildman–Crippen MR) is 102 cm³/mol. The SMILES string of the molecule is C1=CC=Cc2c(n(-c3ccc4ccccc4c3)c3ccccc23)C=1. The smallest absolute Gasteiger partial charge is 0.0618 e. The van der Waals surface area contributed by atoms with Gasteiger partial charge in [0.25, 0.3) is 0 Å². The fourth-order valence-corrected chi connectivity index (χ4v) is 3.52. The van der Waals surface area contributed by atoms with Crippen LogP contribution in [0.3, 0.4) is 0 Å².